The van der Waals surface area contributed by atoms with Gasteiger partial charge in [0.1, 0.15) is 29.4 Å². The van der Waals surface area contributed by atoms with Crippen molar-refractivity contribution in [1.82, 2.24) is 34.1 Å². The molecule has 3 amide bonds. The van der Waals surface area contributed by atoms with Gasteiger partial charge < -0.3 is 19.9 Å². The first kappa shape index (κ1) is 40.0. The fourth-order valence-corrected chi connectivity index (χ4v) is 9.08. The number of carbonyl (C=O) groups is 3. The van der Waals surface area contributed by atoms with Crippen LogP contribution >= 0.6 is 0 Å². The molecule has 312 valence electrons. The van der Waals surface area contributed by atoms with Crippen LogP contribution in [0.4, 0.5) is 28.9 Å². The van der Waals surface area contributed by atoms with Crippen LogP contribution < -0.4 is 26.0 Å². The molecular formula is C41H45F4N9O5. The predicted molar refractivity (Wildman–Crippen MR) is 211 cm³/mol. The number of imidazole rings is 1. The number of hydrogen-bond donors (Lipinski definition) is 2. The number of methoxy groups -OCH3 is 1. The first-order valence-electron chi connectivity index (χ1n) is 19.8. The van der Waals surface area contributed by atoms with E-state index in [4.69, 9.17) is 9.84 Å². The number of carbonyl (C=O) groups excluding carboxylic acids is 3. The molecule has 2 N–H and O–H groups in total. The molecule has 3 aliphatic rings. The summed E-state index contributed by atoms with van der Waals surface area (Å²) in [5.41, 5.74) is 0.943. The number of amides is 3. The number of rotatable bonds is 9. The highest BCUT2D eigenvalue weighted by Gasteiger charge is 2.37. The third-order valence-corrected chi connectivity index (χ3v) is 12.1. The Morgan fingerprint density at radius 1 is 1.03 bits per heavy atom. The summed E-state index contributed by atoms with van der Waals surface area (Å²) >= 11 is 0. The quantitative estimate of drug-likeness (QED) is 0.143. The number of alkyl halides is 4. The van der Waals surface area contributed by atoms with Crippen molar-refractivity contribution in [2.24, 2.45) is 13.0 Å². The Kier molecular flexibility index (Phi) is 10.7. The van der Waals surface area contributed by atoms with E-state index in [9.17, 15) is 32.3 Å². The second-order valence-corrected chi connectivity index (χ2v) is 15.8. The van der Waals surface area contributed by atoms with Crippen molar-refractivity contribution >= 4 is 51.0 Å². The van der Waals surface area contributed by atoms with E-state index in [-0.39, 0.29) is 54.4 Å². The van der Waals surface area contributed by atoms with Crippen LogP contribution in [0.25, 0.3) is 21.9 Å². The van der Waals surface area contributed by atoms with Crippen molar-refractivity contribution in [2.45, 2.75) is 75.4 Å². The zero-order valence-corrected chi connectivity index (χ0v) is 32.8. The van der Waals surface area contributed by atoms with Crippen LogP contribution in [0.2, 0.25) is 0 Å². The number of aromatic nitrogens is 5. The van der Waals surface area contributed by atoms with Crippen LogP contribution in [0, 0.1) is 5.92 Å². The molecule has 18 heteroatoms. The molecule has 8 rings (SSSR count). The van der Waals surface area contributed by atoms with Gasteiger partial charge in [0.25, 0.3) is 5.91 Å². The van der Waals surface area contributed by atoms with Crippen LogP contribution in [-0.2, 0) is 22.8 Å². The van der Waals surface area contributed by atoms with Crippen LogP contribution in [-0.4, -0.2) is 92.5 Å². The van der Waals surface area contributed by atoms with Gasteiger partial charge in [-0.05, 0) is 81.8 Å². The van der Waals surface area contributed by atoms with Gasteiger partial charge in [0.05, 0.1) is 47.6 Å². The number of fused-ring (bicyclic) bond motifs is 2. The minimum atomic E-state index is -4.69. The number of halogens is 4. The highest BCUT2D eigenvalue weighted by atomic mass is 19.4. The lowest BCUT2D eigenvalue weighted by molar-refractivity contribution is -0.141. The number of para-hydroxylation sites is 1. The molecule has 5 aromatic rings. The highest BCUT2D eigenvalue weighted by Crippen LogP contribution is 2.37. The molecule has 2 aromatic carbocycles. The lowest BCUT2D eigenvalue weighted by Gasteiger charge is -2.42. The maximum absolute atomic E-state index is 16.1. The molecule has 2 saturated heterocycles. The fraction of sp³-hybridized carbons (Fsp3) is 0.463. The molecule has 59 heavy (non-hydrogen) atoms. The van der Waals surface area contributed by atoms with E-state index in [1.165, 1.54) is 22.3 Å². The second kappa shape index (κ2) is 15.8. The third-order valence-electron chi connectivity index (χ3n) is 12.1. The van der Waals surface area contributed by atoms with Gasteiger partial charge in [-0.2, -0.15) is 18.3 Å². The third kappa shape index (κ3) is 7.77. The summed E-state index contributed by atoms with van der Waals surface area (Å²) in [6.07, 6.45) is 0.628. The Labute approximate surface area is 336 Å². The zero-order valence-electron chi connectivity index (χ0n) is 32.8. The van der Waals surface area contributed by atoms with E-state index < -0.39 is 35.9 Å². The van der Waals surface area contributed by atoms with Crippen LogP contribution in [0.5, 0.6) is 5.75 Å². The molecule has 5 heterocycles. The summed E-state index contributed by atoms with van der Waals surface area (Å²) in [7, 11) is 5.06. The molecule has 0 spiro atoms. The van der Waals surface area contributed by atoms with Gasteiger partial charge in [0.2, 0.25) is 11.8 Å². The minimum absolute atomic E-state index is 0.128. The van der Waals surface area contributed by atoms with Gasteiger partial charge >= 0.3 is 11.9 Å². The normalized spacial score (nSPS) is 22.9. The predicted octanol–water partition coefficient (Wildman–Crippen LogP) is 5.62. The monoisotopic (exact) mass is 819 g/mol. The van der Waals surface area contributed by atoms with E-state index in [0.29, 0.717) is 41.2 Å². The van der Waals surface area contributed by atoms with Crippen LogP contribution in [0.15, 0.2) is 59.5 Å². The molecule has 3 atom stereocenters. The SMILES string of the molecule is COc1cc2nn(C3CCC(CN(C)[C@@H]4CCN(c5cccc6c5n(C)c(=O)n6C5CCC(=O)NC5=O)C[C@@H]4F)CC3)cc2cc1NC(=O)c1cccc(C(F)(F)F)n1. The largest absolute Gasteiger partial charge is 0.494 e. The molecular weight excluding hydrogens is 775 g/mol. The van der Waals surface area contributed by atoms with Crippen LogP contribution in [0.1, 0.15) is 73.2 Å². The topological polar surface area (TPSA) is 149 Å². The van der Waals surface area contributed by atoms with Crippen molar-refractivity contribution < 1.29 is 36.7 Å². The highest BCUT2D eigenvalue weighted by molar-refractivity contribution is 6.05. The van der Waals surface area contributed by atoms with Crippen molar-refractivity contribution in [2.75, 3.05) is 44.0 Å². The van der Waals surface area contributed by atoms with Crippen molar-refractivity contribution in [3.63, 3.8) is 0 Å². The maximum atomic E-state index is 16.1. The number of imide groups is 1. The Balaban J connectivity index is 0.881. The second-order valence-electron chi connectivity index (χ2n) is 15.8. The fourth-order valence-electron chi connectivity index (χ4n) is 9.08. The summed E-state index contributed by atoms with van der Waals surface area (Å²) < 4.78 is 66.0. The number of nitrogens with one attached hydrogen (secondary N) is 2. The van der Waals surface area contributed by atoms with Gasteiger partial charge in [-0.3, -0.25) is 33.5 Å². The molecule has 1 aliphatic carbocycles. The maximum Gasteiger partial charge on any atom is 0.433 e. The lowest BCUT2D eigenvalue weighted by Crippen LogP contribution is -2.52. The smallest absolute Gasteiger partial charge is 0.433 e. The number of anilines is 2. The summed E-state index contributed by atoms with van der Waals surface area (Å²) in [5, 5.41) is 10.5. The van der Waals surface area contributed by atoms with Gasteiger partial charge in [0.15, 0.2) is 0 Å². The Bertz CT molecular complexity index is 2490. The molecule has 3 aromatic heterocycles. The Morgan fingerprint density at radius 3 is 2.51 bits per heavy atom. The number of benzene rings is 2. The van der Waals surface area contributed by atoms with E-state index in [0.717, 1.165) is 55.4 Å². The Hall–Kier alpha value is -5.78. The van der Waals surface area contributed by atoms with Crippen molar-refractivity contribution in [3.05, 3.63) is 76.6 Å². The van der Waals surface area contributed by atoms with Crippen molar-refractivity contribution in [3.8, 4) is 5.75 Å². The lowest BCUT2D eigenvalue weighted by atomic mass is 9.85. The number of nitrogens with zero attached hydrogens (tertiary/aromatic N) is 7. The molecule has 1 saturated carbocycles. The van der Waals surface area contributed by atoms with E-state index in [1.54, 1.807) is 25.2 Å². The van der Waals surface area contributed by atoms with E-state index >= 15 is 4.39 Å². The summed E-state index contributed by atoms with van der Waals surface area (Å²) in [6, 6.07) is 11.0. The number of ether oxygens (including phenoxy) is 1. The minimum Gasteiger partial charge on any atom is -0.494 e. The standard InChI is InChI=1S/C41H45F4N9O5/c1-50(30-16-17-52(22-26(30)42)31-7-5-8-32-37(31)51(2)40(58)54(32)33-14-15-36(55)48-39(33)57)20-23-10-12-25(13-11-23)53-21-24-18-29(34(59-3)19-28(24)49-53)47-38(56)27-6-4-9-35(46-27)41(43,44)45/h4-9,18-19,21,23,25-26,30,33H,10-17,20,22H2,1-3H3,(H,47,56)(H,48,55,57)/t23?,25?,26-,30+,33?/m0/s1. The summed E-state index contributed by atoms with van der Waals surface area (Å²) in [5.74, 6) is -0.993. The average Bonchev–Trinajstić information content (AvgIpc) is 3.74. The molecule has 3 fully saturated rings. The molecule has 0 bridgehead atoms. The number of pyridine rings is 1. The summed E-state index contributed by atoms with van der Waals surface area (Å²) in [4.78, 5) is 58.4. The van der Waals surface area contributed by atoms with Gasteiger partial charge in [-0.15, -0.1) is 0 Å². The number of hydrogen-bond acceptors (Lipinski definition) is 9. The number of aryl methyl sites for hydroxylation is 1. The molecule has 0 radical (unpaired) electrons. The van der Waals surface area contributed by atoms with E-state index in [2.05, 4.69) is 20.5 Å². The van der Waals surface area contributed by atoms with Gasteiger partial charge in [-0.1, -0.05) is 12.1 Å². The van der Waals surface area contributed by atoms with E-state index in [1.807, 2.05) is 35.0 Å². The first-order chi connectivity index (χ1) is 28.2. The first-order valence-corrected chi connectivity index (χ1v) is 19.8. The molecule has 2 aliphatic heterocycles. The van der Waals surface area contributed by atoms with Gasteiger partial charge in [-0.25, -0.2) is 14.2 Å². The van der Waals surface area contributed by atoms with Gasteiger partial charge in [0, 0.05) is 50.2 Å². The Morgan fingerprint density at radius 2 is 1.80 bits per heavy atom. The molecule has 14 nitrogen and oxygen atoms in total. The number of piperidine rings is 2. The summed E-state index contributed by atoms with van der Waals surface area (Å²) in [6.45, 7) is 1.49. The van der Waals surface area contributed by atoms with Crippen LogP contribution in [0.3, 0.4) is 0 Å². The van der Waals surface area contributed by atoms with Crippen molar-refractivity contribution in [1.29, 1.82) is 0 Å². The average molecular weight is 820 g/mol. The zero-order chi connectivity index (χ0) is 41.7. The molecule has 1 unspecified atom stereocenters.